The van der Waals surface area contributed by atoms with Gasteiger partial charge in [0.05, 0.1) is 13.2 Å². The van der Waals surface area contributed by atoms with Crippen molar-refractivity contribution < 1.29 is 19.0 Å². The molecule has 0 radical (unpaired) electrons. The first-order valence-electron chi connectivity index (χ1n) is 6.36. The standard InChI is InChI=1S/C16H20O4/c1-4-10-18-11-15(12-19-16(17)13(2)3)20-14-8-6-5-7-9-14/h4-9,15H,1-2,10-12H2,3H3. The van der Waals surface area contributed by atoms with Crippen LogP contribution in [0.5, 0.6) is 5.75 Å². The molecule has 0 fully saturated rings. The monoisotopic (exact) mass is 276 g/mol. The molecule has 0 saturated heterocycles. The van der Waals surface area contributed by atoms with Gasteiger partial charge in [-0.15, -0.1) is 6.58 Å². The molecular formula is C16H20O4. The van der Waals surface area contributed by atoms with Gasteiger partial charge >= 0.3 is 5.97 Å². The molecule has 108 valence electrons. The minimum Gasteiger partial charge on any atom is -0.484 e. The number of hydrogen-bond donors (Lipinski definition) is 0. The van der Waals surface area contributed by atoms with Crippen molar-refractivity contribution in [3.8, 4) is 5.75 Å². The highest BCUT2D eigenvalue weighted by molar-refractivity contribution is 5.86. The van der Waals surface area contributed by atoms with Gasteiger partial charge in [-0.25, -0.2) is 4.79 Å². The lowest BCUT2D eigenvalue weighted by molar-refractivity contribution is -0.142. The van der Waals surface area contributed by atoms with Crippen LogP contribution in [0.1, 0.15) is 6.92 Å². The Morgan fingerprint density at radius 3 is 2.60 bits per heavy atom. The van der Waals surface area contributed by atoms with Gasteiger partial charge in [0, 0.05) is 5.57 Å². The maximum atomic E-state index is 11.4. The normalized spacial score (nSPS) is 11.4. The average Bonchev–Trinajstić information content (AvgIpc) is 2.45. The second-order valence-electron chi connectivity index (χ2n) is 4.26. The Balaban J connectivity index is 2.53. The summed E-state index contributed by atoms with van der Waals surface area (Å²) in [5.41, 5.74) is 0.357. The molecule has 4 heteroatoms. The number of para-hydroxylation sites is 1. The lowest BCUT2D eigenvalue weighted by atomic mass is 10.3. The van der Waals surface area contributed by atoms with Crippen LogP contribution in [-0.4, -0.2) is 31.9 Å². The van der Waals surface area contributed by atoms with Crippen LogP contribution in [0.25, 0.3) is 0 Å². The van der Waals surface area contributed by atoms with E-state index in [1.165, 1.54) is 0 Å². The van der Waals surface area contributed by atoms with E-state index in [-0.39, 0.29) is 12.7 Å². The van der Waals surface area contributed by atoms with E-state index in [1.807, 2.05) is 30.3 Å². The van der Waals surface area contributed by atoms with Crippen molar-refractivity contribution in [2.45, 2.75) is 13.0 Å². The third-order valence-electron chi connectivity index (χ3n) is 2.33. The van der Waals surface area contributed by atoms with Crippen LogP contribution in [0.15, 0.2) is 55.1 Å². The largest absolute Gasteiger partial charge is 0.484 e. The molecule has 20 heavy (non-hydrogen) atoms. The van der Waals surface area contributed by atoms with Crippen molar-refractivity contribution >= 4 is 5.97 Å². The van der Waals surface area contributed by atoms with Crippen LogP contribution in [0.3, 0.4) is 0 Å². The molecule has 1 aromatic rings. The summed E-state index contributed by atoms with van der Waals surface area (Å²) in [6.07, 6.45) is 1.28. The lowest BCUT2D eigenvalue weighted by Gasteiger charge is -2.19. The van der Waals surface area contributed by atoms with Crippen molar-refractivity contribution in [3.63, 3.8) is 0 Å². The molecule has 4 nitrogen and oxygen atoms in total. The Morgan fingerprint density at radius 2 is 2.00 bits per heavy atom. The van der Waals surface area contributed by atoms with Crippen LogP contribution >= 0.6 is 0 Å². The topological polar surface area (TPSA) is 44.8 Å². The summed E-state index contributed by atoms with van der Waals surface area (Å²) in [5, 5.41) is 0. The minimum atomic E-state index is -0.435. The van der Waals surface area contributed by atoms with Crippen LogP contribution in [0, 0.1) is 0 Å². The minimum absolute atomic E-state index is 0.109. The molecule has 1 unspecified atom stereocenters. The Bertz CT molecular complexity index is 439. The van der Waals surface area contributed by atoms with Gasteiger partial charge in [-0.1, -0.05) is 30.9 Å². The number of benzene rings is 1. The fourth-order valence-corrected chi connectivity index (χ4v) is 1.38. The number of rotatable bonds is 9. The first kappa shape index (κ1) is 16.0. The van der Waals surface area contributed by atoms with Gasteiger partial charge < -0.3 is 14.2 Å². The molecular weight excluding hydrogens is 256 g/mol. The molecule has 0 N–H and O–H groups in total. The molecule has 0 heterocycles. The molecule has 0 bridgehead atoms. The summed E-state index contributed by atoms with van der Waals surface area (Å²) < 4.78 is 16.2. The van der Waals surface area contributed by atoms with Gasteiger partial charge in [0.2, 0.25) is 0 Å². The summed E-state index contributed by atoms with van der Waals surface area (Å²) in [5.74, 6) is 0.265. The van der Waals surface area contributed by atoms with Gasteiger partial charge in [0.1, 0.15) is 12.4 Å². The van der Waals surface area contributed by atoms with E-state index < -0.39 is 5.97 Å². The molecule has 0 aliphatic heterocycles. The molecule has 0 amide bonds. The fraction of sp³-hybridized carbons (Fsp3) is 0.312. The quantitative estimate of drug-likeness (QED) is 0.301. The molecule has 1 atom stereocenters. The third kappa shape index (κ3) is 6.20. The summed E-state index contributed by atoms with van der Waals surface area (Å²) in [7, 11) is 0. The van der Waals surface area contributed by atoms with Crippen molar-refractivity contribution in [2.24, 2.45) is 0 Å². The first-order chi connectivity index (χ1) is 9.63. The molecule has 0 saturated carbocycles. The fourth-order valence-electron chi connectivity index (χ4n) is 1.38. The van der Waals surface area contributed by atoms with Gasteiger partial charge in [-0.3, -0.25) is 0 Å². The zero-order valence-electron chi connectivity index (χ0n) is 11.7. The van der Waals surface area contributed by atoms with Gasteiger partial charge in [-0.05, 0) is 19.1 Å². The highest BCUT2D eigenvalue weighted by Gasteiger charge is 2.14. The van der Waals surface area contributed by atoms with Crippen LogP contribution in [0.2, 0.25) is 0 Å². The van der Waals surface area contributed by atoms with E-state index >= 15 is 0 Å². The number of carbonyl (C=O) groups excluding carboxylic acids is 1. The average molecular weight is 276 g/mol. The van der Waals surface area contributed by atoms with Crippen LogP contribution < -0.4 is 4.74 Å². The van der Waals surface area contributed by atoms with E-state index in [9.17, 15) is 4.79 Å². The summed E-state index contributed by atoms with van der Waals surface area (Å²) in [4.78, 5) is 11.4. The van der Waals surface area contributed by atoms with Crippen LogP contribution in [-0.2, 0) is 14.3 Å². The van der Waals surface area contributed by atoms with Gasteiger partial charge in [-0.2, -0.15) is 0 Å². The van der Waals surface area contributed by atoms with Crippen molar-refractivity contribution in [1.29, 1.82) is 0 Å². The smallest absolute Gasteiger partial charge is 0.333 e. The molecule has 0 aromatic heterocycles. The molecule has 1 rings (SSSR count). The summed E-state index contributed by atoms with van der Waals surface area (Å²) in [6, 6.07) is 9.31. The SMILES string of the molecule is C=CCOCC(COC(=O)C(=C)C)Oc1ccccc1. The highest BCUT2D eigenvalue weighted by Crippen LogP contribution is 2.11. The van der Waals surface area contributed by atoms with Crippen molar-refractivity contribution in [2.75, 3.05) is 19.8 Å². The maximum Gasteiger partial charge on any atom is 0.333 e. The number of esters is 1. The predicted molar refractivity (Wildman–Crippen MR) is 77.6 cm³/mol. The van der Waals surface area contributed by atoms with E-state index in [2.05, 4.69) is 13.2 Å². The second-order valence-corrected chi connectivity index (χ2v) is 4.26. The number of ether oxygens (including phenoxy) is 3. The van der Waals surface area contributed by atoms with Crippen molar-refractivity contribution in [3.05, 3.63) is 55.1 Å². The maximum absolute atomic E-state index is 11.4. The van der Waals surface area contributed by atoms with E-state index in [1.54, 1.807) is 13.0 Å². The van der Waals surface area contributed by atoms with Crippen molar-refractivity contribution in [1.82, 2.24) is 0 Å². The zero-order valence-corrected chi connectivity index (χ0v) is 11.7. The Hall–Kier alpha value is -2.07. The van der Waals surface area contributed by atoms with E-state index in [0.717, 1.165) is 0 Å². The lowest BCUT2D eigenvalue weighted by Crippen LogP contribution is -2.30. The predicted octanol–water partition coefficient (Wildman–Crippen LogP) is 2.76. The molecule has 0 aliphatic rings. The highest BCUT2D eigenvalue weighted by atomic mass is 16.6. The first-order valence-corrected chi connectivity index (χ1v) is 6.36. The Morgan fingerprint density at radius 1 is 1.30 bits per heavy atom. The Labute approximate surface area is 119 Å². The Kier molecular flexibility index (Phi) is 7.14. The van der Waals surface area contributed by atoms with Gasteiger partial charge in [0.15, 0.2) is 6.10 Å². The summed E-state index contributed by atoms with van der Waals surface area (Å²) in [6.45, 7) is 9.55. The molecule has 1 aromatic carbocycles. The van der Waals surface area contributed by atoms with E-state index in [0.29, 0.717) is 24.5 Å². The second kappa shape index (κ2) is 8.93. The third-order valence-corrected chi connectivity index (χ3v) is 2.33. The van der Waals surface area contributed by atoms with Crippen LogP contribution in [0.4, 0.5) is 0 Å². The number of carbonyl (C=O) groups is 1. The zero-order chi connectivity index (χ0) is 14.8. The van der Waals surface area contributed by atoms with Gasteiger partial charge in [0.25, 0.3) is 0 Å². The number of hydrogen-bond acceptors (Lipinski definition) is 4. The summed E-state index contributed by atoms with van der Waals surface area (Å²) >= 11 is 0. The molecule has 0 aliphatic carbocycles. The molecule has 0 spiro atoms. The van der Waals surface area contributed by atoms with E-state index in [4.69, 9.17) is 14.2 Å².